The van der Waals surface area contributed by atoms with Crippen LogP contribution in [0.25, 0.3) is 0 Å². The van der Waals surface area contributed by atoms with Crippen molar-refractivity contribution in [2.24, 2.45) is 5.73 Å². The van der Waals surface area contributed by atoms with E-state index in [9.17, 15) is 9.18 Å². The maximum Gasteiger partial charge on any atom is 0.258 e. The number of methoxy groups -OCH3 is 1. The Morgan fingerprint density at radius 1 is 1.53 bits per heavy atom. The molecular weight excluding hydrogens is 251 g/mol. The highest BCUT2D eigenvalue weighted by atomic mass is 19.1. The average molecular weight is 270 g/mol. The molecule has 0 saturated carbocycles. The fourth-order valence-corrected chi connectivity index (χ4v) is 1.40. The van der Waals surface area contributed by atoms with Gasteiger partial charge in [-0.2, -0.15) is 0 Å². The highest BCUT2D eigenvalue weighted by molar-refractivity contribution is 5.77. The van der Waals surface area contributed by atoms with Crippen LogP contribution in [0.1, 0.15) is 18.5 Å². The fraction of sp³-hybridized carbons (Fsp3) is 0.462. The molecule has 0 radical (unpaired) electrons. The quantitative estimate of drug-likeness (QED) is 0.725. The van der Waals surface area contributed by atoms with Gasteiger partial charge in [-0.1, -0.05) is 6.07 Å². The number of nitrogens with two attached hydrogens (primary N) is 1. The minimum atomic E-state index is -0.528. The number of hydrogen-bond donors (Lipinski definition) is 2. The van der Waals surface area contributed by atoms with E-state index < -0.39 is 5.82 Å². The van der Waals surface area contributed by atoms with E-state index in [0.717, 1.165) is 0 Å². The van der Waals surface area contributed by atoms with Gasteiger partial charge in [0.15, 0.2) is 18.2 Å². The third-order valence-electron chi connectivity index (χ3n) is 2.47. The minimum absolute atomic E-state index is 0.0336. The molecule has 106 valence electrons. The summed E-state index contributed by atoms with van der Waals surface area (Å²) in [6.07, 6.45) is 0. The van der Waals surface area contributed by atoms with Crippen molar-refractivity contribution in [2.75, 3.05) is 26.9 Å². The van der Waals surface area contributed by atoms with Crippen LogP contribution in [0.5, 0.6) is 5.75 Å². The summed E-state index contributed by atoms with van der Waals surface area (Å²) >= 11 is 0. The molecule has 0 aliphatic heterocycles. The minimum Gasteiger partial charge on any atom is -0.481 e. The molecule has 1 unspecified atom stereocenters. The first-order valence-electron chi connectivity index (χ1n) is 5.98. The van der Waals surface area contributed by atoms with Crippen molar-refractivity contribution in [2.45, 2.75) is 13.0 Å². The zero-order valence-electron chi connectivity index (χ0n) is 11.1. The molecule has 0 saturated heterocycles. The second-order valence-corrected chi connectivity index (χ2v) is 4.11. The van der Waals surface area contributed by atoms with Gasteiger partial charge >= 0.3 is 0 Å². The summed E-state index contributed by atoms with van der Waals surface area (Å²) in [5.41, 5.74) is 6.31. The topological polar surface area (TPSA) is 73.6 Å². The number of carbonyl (C=O) groups excluding carboxylic acids is 1. The smallest absolute Gasteiger partial charge is 0.258 e. The Bertz CT molecular complexity index is 424. The van der Waals surface area contributed by atoms with Crippen LogP contribution in [0, 0.1) is 5.82 Å². The van der Waals surface area contributed by atoms with Crippen LogP contribution in [0.4, 0.5) is 4.39 Å². The van der Waals surface area contributed by atoms with E-state index in [0.29, 0.717) is 18.7 Å². The summed E-state index contributed by atoms with van der Waals surface area (Å²) in [6, 6.07) is 4.20. The second kappa shape index (κ2) is 7.70. The monoisotopic (exact) mass is 270 g/mol. The number of benzene rings is 1. The lowest BCUT2D eigenvalue weighted by molar-refractivity contribution is -0.123. The van der Waals surface area contributed by atoms with Crippen molar-refractivity contribution in [3.05, 3.63) is 29.6 Å². The van der Waals surface area contributed by atoms with Crippen molar-refractivity contribution in [3.8, 4) is 5.75 Å². The summed E-state index contributed by atoms with van der Waals surface area (Å²) < 4.78 is 23.5. The van der Waals surface area contributed by atoms with Crippen LogP contribution >= 0.6 is 0 Å². The number of halogens is 1. The molecule has 0 bridgehead atoms. The van der Waals surface area contributed by atoms with Crippen molar-refractivity contribution in [1.29, 1.82) is 0 Å². The Balaban J connectivity index is 2.47. The Morgan fingerprint density at radius 3 is 2.84 bits per heavy atom. The van der Waals surface area contributed by atoms with Crippen LogP contribution in [0.2, 0.25) is 0 Å². The zero-order chi connectivity index (χ0) is 14.3. The molecule has 19 heavy (non-hydrogen) atoms. The first-order valence-corrected chi connectivity index (χ1v) is 5.98. The number of hydrogen-bond acceptors (Lipinski definition) is 4. The Labute approximate surface area is 111 Å². The summed E-state index contributed by atoms with van der Waals surface area (Å²) in [6.45, 7) is 2.34. The molecule has 5 nitrogen and oxygen atoms in total. The molecule has 1 amide bonds. The number of amides is 1. The van der Waals surface area contributed by atoms with Crippen molar-refractivity contribution in [3.63, 3.8) is 0 Å². The molecule has 0 spiro atoms. The molecule has 1 rings (SSSR count). The maximum absolute atomic E-state index is 13.6. The molecule has 0 aliphatic rings. The molecule has 0 fully saturated rings. The summed E-state index contributed by atoms with van der Waals surface area (Å²) in [5.74, 6) is -0.821. The van der Waals surface area contributed by atoms with E-state index in [1.165, 1.54) is 19.2 Å². The van der Waals surface area contributed by atoms with Crippen LogP contribution in [0.15, 0.2) is 18.2 Å². The molecule has 6 heteroatoms. The average Bonchev–Trinajstić information content (AvgIpc) is 2.37. The highest BCUT2D eigenvalue weighted by Crippen LogP contribution is 2.20. The van der Waals surface area contributed by atoms with Gasteiger partial charge in [-0.3, -0.25) is 4.79 Å². The zero-order valence-corrected chi connectivity index (χ0v) is 11.1. The molecule has 1 atom stereocenters. The van der Waals surface area contributed by atoms with Crippen molar-refractivity contribution < 1.29 is 18.7 Å². The summed E-state index contributed by atoms with van der Waals surface area (Å²) in [5, 5.41) is 2.57. The van der Waals surface area contributed by atoms with Gasteiger partial charge in [0.25, 0.3) is 5.91 Å². The van der Waals surface area contributed by atoms with Gasteiger partial charge in [-0.25, -0.2) is 4.39 Å². The van der Waals surface area contributed by atoms with Crippen LogP contribution in [-0.2, 0) is 9.53 Å². The van der Waals surface area contributed by atoms with Crippen LogP contribution < -0.4 is 15.8 Å². The number of rotatable bonds is 7. The predicted octanol–water partition coefficient (Wildman–Crippen LogP) is 0.987. The lowest BCUT2D eigenvalue weighted by Gasteiger charge is -2.10. The van der Waals surface area contributed by atoms with E-state index in [1.807, 2.05) is 0 Å². The van der Waals surface area contributed by atoms with E-state index in [-0.39, 0.29) is 24.3 Å². The Morgan fingerprint density at radius 2 is 2.26 bits per heavy atom. The van der Waals surface area contributed by atoms with E-state index in [1.54, 1.807) is 13.0 Å². The summed E-state index contributed by atoms with van der Waals surface area (Å²) in [7, 11) is 1.54. The predicted molar refractivity (Wildman–Crippen MR) is 69.4 cm³/mol. The van der Waals surface area contributed by atoms with E-state index in [4.69, 9.17) is 15.2 Å². The SMILES string of the molecule is COCCNC(=O)COc1ccc(C(C)N)cc1F. The molecule has 0 aromatic heterocycles. The third kappa shape index (κ3) is 5.23. The normalized spacial score (nSPS) is 12.0. The van der Waals surface area contributed by atoms with Gasteiger partial charge in [-0.15, -0.1) is 0 Å². The first kappa shape index (κ1) is 15.4. The van der Waals surface area contributed by atoms with Gasteiger partial charge in [-0.05, 0) is 24.6 Å². The summed E-state index contributed by atoms with van der Waals surface area (Å²) in [4.78, 5) is 11.3. The molecule has 3 N–H and O–H groups in total. The first-order chi connectivity index (χ1) is 9.04. The largest absolute Gasteiger partial charge is 0.481 e. The Kier molecular flexibility index (Phi) is 6.24. The lowest BCUT2D eigenvalue weighted by atomic mass is 10.1. The van der Waals surface area contributed by atoms with E-state index >= 15 is 0 Å². The third-order valence-corrected chi connectivity index (χ3v) is 2.47. The lowest BCUT2D eigenvalue weighted by Crippen LogP contribution is -2.31. The fourth-order valence-electron chi connectivity index (χ4n) is 1.40. The van der Waals surface area contributed by atoms with E-state index in [2.05, 4.69) is 5.32 Å². The van der Waals surface area contributed by atoms with Gasteiger partial charge in [0.2, 0.25) is 0 Å². The maximum atomic E-state index is 13.6. The second-order valence-electron chi connectivity index (χ2n) is 4.11. The van der Waals surface area contributed by atoms with Gasteiger partial charge < -0.3 is 20.5 Å². The number of nitrogens with one attached hydrogen (secondary N) is 1. The van der Waals surface area contributed by atoms with Gasteiger partial charge in [0.1, 0.15) is 0 Å². The van der Waals surface area contributed by atoms with Gasteiger partial charge in [0, 0.05) is 19.7 Å². The highest BCUT2D eigenvalue weighted by Gasteiger charge is 2.09. The molecule has 1 aromatic rings. The molecule has 0 aliphatic carbocycles. The standard InChI is InChI=1S/C13H19FN2O3/c1-9(15)10-3-4-12(11(14)7-10)19-8-13(17)16-5-6-18-2/h3-4,7,9H,5-6,8,15H2,1-2H3,(H,16,17). The van der Waals surface area contributed by atoms with Gasteiger partial charge in [0.05, 0.1) is 6.61 Å². The van der Waals surface area contributed by atoms with Crippen LogP contribution in [-0.4, -0.2) is 32.8 Å². The van der Waals surface area contributed by atoms with Crippen molar-refractivity contribution >= 4 is 5.91 Å². The van der Waals surface area contributed by atoms with Crippen molar-refractivity contribution in [1.82, 2.24) is 5.32 Å². The molecule has 1 aromatic carbocycles. The Hall–Kier alpha value is -1.66. The number of carbonyl (C=O) groups is 1. The number of ether oxygens (including phenoxy) is 2. The molecular formula is C13H19FN2O3. The molecule has 0 heterocycles. The van der Waals surface area contributed by atoms with Crippen LogP contribution in [0.3, 0.4) is 0 Å².